The summed E-state index contributed by atoms with van der Waals surface area (Å²) in [5, 5.41) is 22.7. The van der Waals surface area contributed by atoms with Crippen LogP contribution in [0.1, 0.15) is 18.2 Å². The molecule has 2 atom stereocenters. The molecule has 1 saturated heterocycles. The van der Waals surface area contributed by atoms with E-state index in [1.807, 2.05) is 0 Å². The number of hydrogen-bond acceptors (Lipinski definition) is 6. The van der Waals surface area contributed by atoms with E-state index >= 15 is 0 Å². The van der Waals surface area contributed by atoms with Crippen LogP contribution in [-0.2, 0) is 17.1 Å². The average molecular weight is 443 g/mol. The van der Waals surface area contributed by atoms with Crippen molar-refractivity contribution in [1.29, 1.82) is 5.26 Å². The fourth-order valence-corrected chi connectivity index (χ4v) is 5.57. The van der Waals surface area contributed by atoms with Gasteiger partial charge < -0.3 is 9.84 Å². The van der Waals surface area contributed by atoms with Gasteiger partial charge in [0.15, 0.2) is 5.03 Å². The van der Waals surface area contributed by atoms with E-state index in [4.69, 9.17) is 21.6 Å². The first-order valence-corrected chi connectivity index (χ1v) is 10.5. The van der Waals surface area contributed by atoms with Crippen molar-refractivity contribution >= 4 is 21.6 Å². The van der Waals surface area contributed by atoms with Gasteiger partial charge in [0.25, 0.3) is 10.0 Å². The topological polar surface area (TPSA) is 108 Å². The highest BCUT2D eigenvalue weighted by Crippen LogP contribution is 2.38. The first-order chi connectivity index (χ1) is 13.5. The van der Waals surface area contributed by atoms with Crippen molar-refractivity contribution in [2.24, 2.45) is 12.5 Å². The fraction of sp³-hybridized carbons (Fsp3) is 0.444. The number of ether oxygens (including phenoxy) is 1. The standard InChI is InChI=1S/C18H20ClFN4O4S/c1-11-16(19)17(23(3)22-11)29(26,27)24-8-15(18(2,9-24)10-25)28-13-5-4-12(7-21)14(20)6-13/h4-6,15,25H,8-10H2,1-3H3/t15-,18-/m0/s1. The lowest BCUT2D eigenvalue weighted by Gasteiger charge is -2.28. The molecule has 0 amide bonds. The van der Waals surface area contributed by atoms with Crippen LogP contribution >= 0.6 is 11.6 Å². The second-order valence-electron chi connectivity index (χ2n) is 7.30. The van der Waals surface area contributed by atoms with E-state index in [-0.39, 0.29) is 41.1 Å². The maximum Gasteiger partial charge on any atom is 0.261 e. The maximum absolute atomic E-state index is 13.9. The third-order valence-electron chi connectivity index (χ3n) is 5.07. The molecule has 156 valence electrons. The van der Waals surface area contributed by atoms with E-state index in [0.717, 1.165) is 6.07 Å². The number of rotatable bonds is 5. The zero-order valence-corrected chi connectivity index (χ0v) is 17.6. The Balaban J connectivity index is 1.92. The van der Waals surface area contributed by atoms with Crippen molar-refractivity contribution in [3.05, 3.63) is 40.3 Å². The highest BCUT2D eigenvalue weighted by atomic mass is 35.5. The summed E-state index contributed by atoms with van der Waals surface area (Å²) in [5.74, 6) is -0.602. The first kappa shape index (κ1) is 21.5. The molecule has 1 N–H and O–H groups in total. The Morgan fingerprint density at radius 1 is 1.52 bits per heavy atom. The number of aliphatic hydroxyl groups is 1. The predicted octanol–water partition coefficient (Wildman–Crippen LogP) is 1.84. The molecule has 1 aromatic heterocycles. The number of nitrogens with zero attached hydrogens (tertiary/aromatic N) is 4. The Morgan fingerprint density at radius 3 is 2.72 bits per heavy atom. The van der Waals surface area contributed by atoms with Gasteiger partial charge in [0.05, 0.1) is 24.4 Å². The van der Waals surface area contributed by atoms with Crippen LogP contribution in [0.25, 0.3) is 0 Å². The Morgan fingerprint density at radius 2 is 2.21 bits per heavy atom. The number of aryl methyl sites for hydroxylation is 2. The van der Waals surface area contributed by atoms with Crippen LogP contribution in [0.5, 0.6) is 5.75 Å². The van der Waals surface area contributed by atoms with Crippen molar-refractivity contribution in [2.75, 3.05) is 19.7 Å². The van der Waals surface area contributed by atoms with E-state index in [2.05, 4.69) is 5.10 Å². The summed E-state index contributed by atoms with van der Waals surface area (Å²) >= 11 is 6.16. The van der Waals surface area contributed by atoms with Gasteiger partial charge in [0.2, 0.25) is 0 Å². The quantitative estimate of drug-likeness (QED) is 0.756. The lowest BCUT2D eigenvalue weighted by molar-refractivity contribution is 0.0502. The number of benzene rings is 1. The largest absolute Gasteiger partial charge is 0.488 e. The van der Waals surface area contributed by atoms with Gasteiger partial charge in [-0.05, 0) is 19.1 Å². The molecule has 29 heavy (non-hydrogen) atoms. The Hall–Kier alpha value is -2.19. The molecule has 1 aromatic carbocycles. The van der Waals surface area contributed by atoms with E-state index < -0.39 is 27.4 Å². The first-order valence-electron chi connectivity index (χ1n) is 8.70. The zero-order valence-electron chi connectivity index (χ0n) is 16.1. The highest BCUT2D eigenvalue weighted by Gasteiger charge is 2.49. The Kier molecular flexibility index (Phi) is 5.62. The molecule has 2 aromatic rings. The molecule has 0 saturated carbocycles. The third-order valence-corrected chi connectivity index (χ3v) is 7.55. The molecule has 11 heteroatoms. The molecule has 1 aliphatic rings. The van der Waals surface area contributed by atoms with Gasteiger partial charge in [-0.25, -0.2) is 12.8 Å². The van der Waals surface area contributed by atoms with Crippen LogP contribution < -0.4 is 4.74 Å². The summed E-state index contributed by atoms with van der Waals surface area (Å²) < 4.78 is 48.4. The molecule has 8 nitrogen and oxygen atoms in total. The van der Waals surface area contributed by atoms with Gasteiger partial charge in [-0.1, -0.05) is 18.5 Å². The van der Waals surface area contributed by atoms with Crippen molar-refractivity contribution in [3.8, 4) is 11.8 Å². The van der Waals surface area contributed by atoms with Gasteiger partial charge >= 0.3 is 0 Å². The molecule has 1 aliphatic heterocycles. The third kappa shape index (κ3) is 3.71. The van der Waals surface area contributed by atoms with Crippen LogP contribution in [-0.4, -0.2) is 53.4 Å². The monoisotopic (exact) mass is 442 g/mol. The summed E-state index contributed by atoms with van der Waals surface area (Å²) in [5.41, 5.74) is -0.672. The van der Waals surface area contributed by atoms with E-state index in [1.54, 1.807) is 19.9 Å². The van der Waals surface area contributed by atoms with Gasteiger partial charge in [0.1, 0.15) is 28.8 Å². The van der Waals surface area contributed by atoms with Gasteiger partial charge in [-0.2, -0.15) is 14.7 Å². The number of hydrogen-bond donors (Lipinski definition) is 1. The van der Waals surface area contributed by atoms with E-state index in [9.17, 15) is 17.9 Å². The van der Waals surface area contributed by atoms with Crippen LogP contribution in [0.4, 0.5) is 4.39 Å². The minimum atomic E-state index is -4.01. The highest BCUT2D eigenvalue weighted by molar-refractivity contribution is 7.89. The summed E-state index contributed by atoms with van der Waals surface area (Å²) in [4.78, 5) is 0. The maximum atomic E-state index is 13.9. The van der Waals surface area contributed by atoms with Gasteiger partial charge in [-0.15, -0.1) is 0 Å². The number of nitriles is 1. The van der Waals surface area contributed by atoms with Crippen LogP contribution in [0.15, 0.2) is 23.2 Å². The lowest BCUT2D eigenvalue weighted by Crippen LogP contribution is -2.38. The molecule has 1 fully saturated rings. The normalized spacial score (nSPS) is 22.6. The molecule has 0 unspecified atom stereocenters. The molecule has 0 radical (unpaired) electrons. The molecular weight excluding hydrogens is 423 g/mol. The molecule has 0 aliphatic carbocycles. The van der Waals surface area contributed by atoms with Gasteiger partial charge in [0, 0.05) is 25.1 Å². The smallest absolute Gasteiger partial charge is 0.261 e. The van der Waals surface area contributed by atoms with Crippen LogP contribution in [0, 0.1) is 29.5 Å². The van der Waals surface area contributed by atoms with Crippen molar-refractivity contribution in [2.45, 2.75) is 25.0 Å². The Bertz CT molecular complexity index is 1100. The van der Waals surface area contributed by atoms with E-state index in [1.165, 1.54) is 28.2 Å². The summed E-state index contributed by atoms with van der Waals surface area (Å²) in [7, 11) is -2.52. The molecule has 0 spiro atoms. The SMILES string of the molecule is Cc1nn(C)c(S(=O)(=O)N2C[C@H](Oc3ccc(C#N)c(F)c3)[C@](C)(CO)C2)c1Cl. The van der Waals surface area contributed by atoms with Crippen molar-refractivity contribution < 1.29 is 22.7 Å². The number of aromatic nitrogens is 2. The number of aliphatic hydroxyl groups excluding tert-OH is 1. The van der Waals surface area contributed by atoms with Crippen LogP contribution in [0.2, 0.25) is 5.02 Å². The summed E-state index contributed by atoms with van der Waals surface area (Å²) in [6, 6.07) is 5.50. The summed E-state index contributed by atoms with van der Waals surface area (Å²) in [6.45, 7) is 2.86. The molecule has 2 heterocycles. The number of sulfonamides is 1. The minimum Gasteiger partial charge on any atom is -0.488 e. The van der Waals surface area contributed by atoms with Crippen molar-refractivity contribution in [1.82, 2.24) is 14.1 Å². The van der Waals surface area contributed by atoms with Crippen molar-refractivity contribution in [3.63, 3.8) is 0 Å². The molecular formula is C18H20ClFN4O4S. The lowest BCUT2D eigenvalue weighted by atomic mass is 9.88. The number of halogens is 2. The van der Waals surface area contributed by atoms with E-state index in [0.29, 0.717) is 5.69 Å². The fourth-order valence-electron chi connectivity index (χ4n) is 3.33. The predicted molar refractivity (Wildman–Crippen MR) is 102 cm³/mol. The summed E-state index contributed by atoms with van der Waals surface area (Å²) in [6.07, 6.45) is -0.747. The molecule has 0 bridgehead atoms. The van der Waals surface area contributed by atoms with Crippen LogP contribution in [0.3, 0.4) is 0 Å². The average Bonchev–Trinajstić information content (AvgIpc) is 3.12. The molecule has 3 rings (SSSR count). The van der Waals surface area contributed by atoms with Gasteiger partial charge in [-0.3, -0.25) is 4.68 Å². The minimum absolute atomic E-state index is 0.0180. The second-order valence-corrected chi connectivity index (χ2v) is 9.53. The zero-order chi connectivity index (χ0) is 21.6. The second kappa shape index (κ2) is 7.57. The Labute approximate surface area is 173 Å².